The van der Waals surface area contributed by atoms with Gasteiger partial charge in [0.25, 0.3) is 0 Å². The predicted molar refractivity (Wildman–Crippen MR) is 155 cm³/mol. The number of carbonyl (C=O) groups is 2. The van der Waals surface area contributed by atoms with E-state index in [2.05, 4.69) is 31.2 Å². The van der Waals surface area contributed by atoms with E-state index in [1.54, 1.807) is 17.8 Å². The molecule has 0 atom stereocenters. The number of methoxy groups -OCH3 is 2. The molecule has 2 heterocycles. The van der Waals surface area contributed by atoms with Crippen LogP contribution >= 0.6 is 0 Å². The molecular formula is C30H40N5O5. The number of anilines is 1. The van der Waals surface area contributed by atoms with Gasteiger partial charge in [0, 0.05) is 51.9 Å². The maximum Gasteiger partial charge on any atom is 0.307 e. The molecule has 0 fully saturated rings. The lowest BCUT2D eigenvalue weighted by Gasteiger charge is -2.23. The summed E-state index contributed by atoms with van der Waals surface area (Å²) in [6.07, 6.45) is 5.85. The lowest BCUT2D eigenvalue weighted by molar-refractivity contribution is -0.140. The summed E-state index contributed by atoms with van der Waals surface area (Å²) in [6, 6.07) is 9.64. The Morgan fingerprint density at radius 2 is 1.95 bits per heavy atom. The average Bonchev–Trinajstić information content (AvgIpc) is 3.66. The SMILES string of the molecule is COCCN(CCC(=O)OC)c1ccn2ncc(-c3cccc(OCCNCC(=O)C4=C(C(C)(C)C)[CH]4)c3)c2n1.[HH]. The summed E-state index contributed by atoms with van der Waals surface area (Å²) >= 11 is 0. The summed E-state index contributed by atoms with van der Waals surface area (Å²) in [6.45, 7) is 9.15. The Labute approximate surface area is 236 Å². The molecule has 1 aromatic carbocycles. The van der Waals surface area contributed by atoms with Crippen molar-refractivity contribution in [1.82, 2.24) is 19.9 Å². The molecule has 40 heavy (non-hydrogen) atoms. The van der Waals surface area contributed by atoms with E-state index in [-0.39, 0.29) is 25.0 Å². The third-order valence-corrected chi connectivity index (χ3v) is 6.64. The first kappa shape index (κ1) is 29.2. The van der Waals surface area contributed by atoms with Crippen molar-refractivity contribution < 1.29 is 25.2 Å². The zero-order valence-electron chi connectivity index (χ0n) is 23.9. The fraction of sp³-hybridized carbons (Fsp3) is 0.433. The third-order valence-electron chi connectivity index (χ3n) is 6.64. The van der Waals surface area contributed by atoms with Crippen molar-refractivity contribution in [2.45, 2.75) is 27.2 Å². The van der Waals surface area contributed by atoms with Crippen molar-refractivity contribution in [2.75, 3.05) is 58.5 Å². The van der Waals surface area contributed by atoms with Crippen LogP contribution in [0.5, 0.6) is 5.75 Å². The molecule has 1 aliphatic carbocycles. The Morgan fingerprint density at radius 1 is 1.12 bits per heavy atom. The summed E-state index contributed by atoms with van der Waals surface area (Å²) in [4.78, 5) is 30.9. The number of allylic oxidation sites excluding steroid dienone is 1. The van der Waals surface area contributed by atoms with Crippen LogP contribution in [0.1, 0.15) is 28.6 Å². The Morgan fingerprint density at radius 3 is 2.67 bits per heavy atom. The van der Waals surface area contributed by atoms with Crippen LogP contribution in [-0.4, -0.2) is 80.0 Å². The summed E-state index contributed by atoms with van der Waals surface area (Å²) in [7, 11) is 3.02. The smallest absolute Gasteiger partial charge is 0.307 e. The highest BCUT2D eigenvalue weighted by Gasteiger charge is 2.35. The topological polar surface area (TPSA) is 107 Å². The van der Waals surface area contributed by atoms with E-state index >= 15 is 0 Å². The van der Waals surface area contributed by atoms with E-state index in [0.29, 0.717) is 50.8 Å². The quantitative estimate of drug-likeness (QED) is 0.224. The first-order valence-corrected chi connectivity index (χ1v) is 13.4. The summed E-state index contributed by atoms with van der Waals surface area (Å²) in [5.74, 6) is 1.28. The number of carbonyl (C=O) groups excluding carboxylic acids is 2. The Kier molecular flexibility index (Phi) is 9.54. The van der Waals surface area contributed by atoms with Crippen LogP contribution in [0.4, 0.5) is 5.82 Å². The van der Waals surface area contributed by atoms with Gasteiger partial charge in [0.1, 0.15) is 18.2 Å². The highest BCUT2D eigenvalue weighted by atomic mass is 16.5. The van der Waals surface area contributed by atoms with Gasteiger partial charge in [-0.1, -0.05) is 32.9 Å². The molecule has 2 aromatic heterocycles. The number of ketones is 1. The van der Waals surface area contributed by atoms with Gasteiger partial charge in [0.15, 0.2) is 11.4 Å². The zero-order valence-corrected chi connectivity index (χ0v) is 23.9. The predicted octanol–water partition coefficient (Wildman–Crippen LogP) is 3.76. The van der Waals surface area contributed by atoms with Gasteiger partial charge in [0.2, 0.25) is 0 Å². The number of nitrogens with zero attached hydrogens (tertiary/aromatic N) is 4. The molecular weight excluding hydrogens is 510 g/mol. The van der Waals surface area contributed by atoms with Gasteiger partial charge < -0.3 is 24.4 Å². The van der Waals surface area contributed by atoms with Crippen LogP contribution in [0.25, 0.3) is 16.8 Å². The van der Waals surface area contributed by atoms with Gasteiger partial charge in [0.05, 0.1) is 32.9 Å². The highest BCUT2D eigenvalue weighted by Crippen LogP contribution is 2.43. The zero-order chi connectivity index (χ0) is 28.7. The van der Waals surface area contributed by atoms with Gasteiger partial charge >= 0.3 is 5.97 Å². The lowest BCUT2D eigenvalue weighted by atomic mass is 9.93. The first-order valence-electron chi connectivity index (χ1n) is 13.4. The summed E-state index contributed by atoms with van der Waals surface area (Å²) < 4.78 is 17.7. The van der Waals surface area contributed by atoms with Gasteiger partial charge in [-0.3, -0.25) is 9.59 Å². The normalized spacial score (nSPS) is 13.0. The number of hydrogen-bond acceptors (Lipinski definition) is 9. The second-order valence-electron chi connectivity index (χ2n) is 10.6. The molecule has 0 aliphatic heterocycles. The fourth-order valence-electron chi connectivity index (χ4n) is 4.36. The van der Waals surface area contributed by atoms with E-state index in [4.69, 9.17) is 19.2 Å². The Bertz CT molecular complexity index is 1380. The molecule has 1 aliphatic rings. The molecule has 4 rings (SSSR count). The Hall–Kier alpha value is -3.76. The molecule has 1 radical (unpaired) electrons. The van der Waals surface area contributed by atoms with E-state index in [0.717, 1.165) is 28.1 Å². The van der Waals surface area contributed by atoms with E-state index in [9.17, 15) is 9.59 Å². The lowest BCUT2D eigenvalue weighted by Crippen LogP contribution is -2.30. The number of Topliss-reactive ketones (excluding diaryl/α,β-unsaturated/α-hetero) is 1. The van der Waals surface area contributed by atoms with Gasteiger partial charge in [-0.25, -0.2) is 9.50 Å². The van der Waals surface area contributed by atoms with Gasteiger partial charge in [-0.05, 0) is 34.8 Å². The molecule has 0 saturated heterocycles. The second-order valence-corrected chi connectivity index (χ2v) is 10.6. The molecule has 0 saturated carbocycles. The van der Waals surface area contributed by atoms with Crippen molar-refractivity contribution in [2.24, 2.45) is 5.41 Å². The van der Waals surface area contributed by atoms with Crippen LogP contribution in [-0.2, 0) is 19.1 Å². The molecule has 215 valence electrons. The van der Waals surface area contributed by atoms with Crippen LogP contribution in [0, 0.1) is 11.8 Å². The summed E-state index contributed by atoms with van der Waals surface area (Å²) in [5.41, 5.74) is 4.49. The monoisotopic (exact) mass is 550 g/mol. The fourth-order valence-corrected chi connectivity index (χ4v) is 4.36. The van der Waals surface area contributed by atoms with Crippen LogP contribution in [0.2, 0.25) is 0 Å². The highest BCUT2D eigenvalue weighted by molar-refractivity contribution is 6.06. The summed E-state index contributed by atoms with van der Waals surface area (Å²) in [5, 5.41) is 7.64. The third kappa shape index (κ3) is 7.45. The molecule has 0 unspecified atom stereocenters. The largest absolute Gasteiger partial charge is 0.492 e. The first-order chi connectivity index (χ1) is 19.2. The van der Waals surface area contributed by atoms with Crippen molar-refractivity contribution in [3.63, 3.8) is 0 Å². The number of rotatable bonds is 15. The molecule has 0 amide bonds. The van der Waals surface area contributed by atoms with Gasteiger partial charge in [-0.15, -0.1) is 0 Å². The number of fused-ring (bicyclic) bond motifs is 1. The number of nitrogens with one attached hydrogen (secondary N) is 1. The maximum absolute atomic E-state index is 12.3. The van der Waals surface area contributed by atoms with E-state index in [1.807, 2.05) is 47.8 Å². The number of ether oxygens (including phenoxy) is 3. The molecule has 10 heteroatoms. The Balaban J connectivity index is 0.00000462. The van der Waals surface area contributed by atoms with Crippen LogP contribution in [0.15, 0.2) is 53.9 Å². The number of esters is 1. The molecule has 3 aromatic rings. The number of hydrogen-bond donors (Lipinski definition) is 1. The van der Waals surface area contributed by atoms with Gasteiger partial charge in [-0.2, -0.15) is 5.10 Å². The van der Waals surface area contributed by atoms with Crippen molar-refractivity contribution >= 4 is 23.2 Å². The van der Waals surface area contributed by atoms with E-state index < -0.39 is 0 Å². The van der Waals surface area contributed by atoms with Crippen molar-refractivity contribution in [3.8, 4) is 16.9 Å². The maximum atomic E-state index is 12.3. The molecule has 10 nitrogen and oxygen atoms in total. The minimum absolute atomic E-state index is 0. The molecule has 1 N–H and O–H groups in total. The van der Waals surface area contributed by atoms with Crippen LogP contribution in [0.3, 0.4) is 0 Å². The average molecular weight is 551 g/mol. The minimum Gasteiger partial charge on any atom is -0.492 e. The minimum atomic E-state index is -0.277. The molecule has 0 spiro atoms. The van der Waals surface area contributed by atoms with Crippen LogP contribution < -0.4 is 15.0 Å². The van der Waals surface area contributed by atoms with Crippen molar-refractivity contribution in [1.29, 1.82) is 0 Å². The standard InChI is InChI=1S/C30H38N5O5.H2/c1-30(2,3)25-18-23(25)26(36)20-31-11-15-40-22-8-6-7-21(17-22)24-19-32-35-13-9-27(33-29(24)35)34(14-16-38-4)12-10-28(37)39-5;/h6-9,13,17-19,31H,10-12,14-16,20H2,1-5H3;1H. The van der Waals surface area contributed by atoms with Crippen molar-refractivity contribution in [3.05, 3.63) is 60.3 Å². The number of benzene rings is 1. The molecule has 0 bridgehead atoms. The number of aromatic nitrogens is 3. The van der Waals surface area contributed by atoms with E-state index in [1.165, 1.54) is 7.11 Å². The second kappa shape index (κ2) is 13.1.